The smallest absolute Gasteiger partial charge is 0.223 e. The van der Waals surface area contributed by atoms with Gasteiger partial charge < -0.3 is 5.32 Å². The van der Waals surface area contributed by atoms with Gasteiger partial charge in [0.1, 0.15) is 0 Å². The Balaban J connectivity index is 4.03. The largest absolute Gasteiger partial charge is 0.353 e. The summed E-state index contributed by atoms with van der Waals surface area (Å²) < 4.78 is 0. The summed E-state index contributed by atoms with van der Waals surface area (Å²) in [5, 5.41) is 3.99. The van der Waals surface area contributed by atoms with Crippen molar-refractivity contribution >= 4 is 21.8 Å². The average Bonchev–Trinajstić information content (AvgIpc) is 2.18. The van der Waals surface area contributed by atoms with Gasteiger partial charge in [0.15, 0.2) is 0 Å². The Hall–Kier alpha value is -0.0500. The Labute approximate surface area is 96.0 Å². The first kappa shape index (κ1) is 13.9. The molecule has 2 atom stereocenters. The molecule has 0 aliphatic heterocycles. The van der Waals surface area contributed by atoms with Crippen LogP contribution in [0.5, 0.6) is 0 Å². The predicted octanol–water partition coefficient (Wildman–Crippen LogP) is 2.96. The van der Waals surface area contributed by atoms with Crippen molar-refractivity contribution in [3.8, 4) is 0 Å². The quantitative estimate of drug-likeness (QED) is 0.734. The van der Waals surface area contributed by atoms with Gasteiger partial charge in [-0.2, -0.15) is 0 Å². The molecular formula is C11H22BrNO. The van der Waals surface area contributed by atoms with Crippen LogP contribution >= 0.6 is 15.9 Å². The molecule has 0 aromatic heterocycles. The first-order chi connectivity index (χ1) is 6.56. The maximum atomic E-state index is 11.7. The number of rotatable bonds is 6. The van der Waals surface area contributed by atoms with Gasteiger partial charge in [0.2, 0.25) is 5.91 Å². The average molecular weight is 264 g/mol. The summed E-state index contributed by atoms with van der Waals surface area (Å²) in [5.41, 5.74) is 0. The minimum absolute atomic E-state index is 0.181. The standard InChI is InChI=1S/C11H22BrNO/c1-5-10(6-2)11(14)13-9(4)8(3)7-12/h8-10H,5-7H2,1-4H3,(H,13,14). The Kier molecular flexibility index (Phi) is 7.24. The number of nitrogens with one attached hydrogen (secondary N) is 1. The summed E-state index contributed by atoms with van der Waals surface area (Å²) in [5.74, 6) is 0.864. The van der Waals surface area contributed by atoms with Crippen LogP contribution in [0.1, 0.15) is 40.5 Å². The zero-order valence-corrected chi connectivity index (χ0v) is 11.2. The van der Waals surface area contributed by atoms with E-state index in [4.69, 9.17) is 0 Å². The van der Waals surface area contributed by atoms with Gasteiger partial charge in [0.05, 0.1) is 0 Å². The minimum atomic E-state index is 0.181. The van der Waals surface area contributed by atoms with E-state index in [2.05, 4.69) is 48.9 Å². The fourth-order valence-corrected chi connectivity index (χ4v) is 1.84. The molecule has 0 radical (unpaired) electrons. The van der Waals surface area contributed by atoms with Crippen LogP contribution in [0.2, 0.25) is 0 Å². The molecule has 0 spiro atoms. The molecule has 0 rings (SSSR count). The van der Waals surface area contributed by atoms with Crippen molar-refractivity contribution < 1.29 is 4.79 Å². The van der Waals surface area contributed by atoms with Crippen molar-refractivity contribution in [2.75, 3.05) is 5.33 Å². The molecule has 0 heterocycles. The van der Waals surface area contributed by atoms with Gasteiger partial charge in [-0.1, -0.05) is 36.7 Å². The molecule has 0 saturated carbocycles. The highest BCUT2D eigenvalue weighted by Gasteiger charge is 2.18. The second-order valence-corrected chi connectivity index (χ2v) is 4.59. The molecule has 0 aromatic rings. The highest BCUT2D eigenvalue weighted by Crippen LogP contribution is 2.10. The summed E-state index contributed by atoms with van der Waals surface area (Å²) in [6.07, 6.45) is 1.86. The Bertz CT molecular complexity index is 169. The van der Waals surface area contributed by atoms with E-state index in [1.54, 1.807) is 0 Å². The zero-order valence-electron chi connectivity index (χ0n) is 9.64. The molecule has 0 bridgehead atoms. The van der Waals surface area contributed by atoms with Crippen LogP contribution in [0.3, 0.4) is 0 Å². The predicted molar refractivity (Wildman–Crippen MR) is 64.6 cm³/mol. The summed E-state index contributed by atoms with van der Waals surface area (Å²) in [7, 11) is 0. The zero-order chi connectivity index (χ0) is 11.1. The third kappa shape index (κ3) is 4.45. The number of hydrogen-bond donors (Lipinski definition) is 1. The Morgan fingerprint density at radius 3 is 2.14 bits per heavy atom. The monoisotopic (exact) mass is 263 g/mol. The van der Waals surface area contributed by atoms with Crippen LogP contribution in [0.25, 0.3) is 0 Å². The molecule has 2 nitrogen and oxygen atoms in total. The molecule has 0 fully saturated rings. The normalized spacial score (nSPS) is 15.3. The number of carbonyl (C=O) groups excluding carboxylic acids is 1. The number of alkyl halides is 1. The Morgan fingerprint density at radius 1 is 1.29 bits per heavy atom. The number of hydrogen-bond acceptors (Lipinski definition) is 1. The number of halogens is 1. The maximum absolute atomic E-state index is 11.7. The van der Waals surface area contributed by atoms with E-state index >= 15 is 0 Å². The lowest BCUT2D eigenvalue weighted by molar-refractivity contribution is -0.126. The lowest BCUT2D eigenvalue weighted by Crippen LogP contribution is -2.40. The summed E-state index contributed by atoms with van der Waals surface area (Å²) in [6, 6.07) is 0.252. The first-order valence-electron chi connectivity index (χ1n) is 5.43. The second-order valence-electron chi connectivity index (χ2n) is 3.94. The molecule has 1 amide bonds. The van der Waals surface area contributed by atoms with Crippen molar-refractivity contribution in [2.24, 2.45) is 11.8 Å². The first-order valence-corrected chi connectivity index (χ1v) is 6.55. The van der Waals surface area contributed by atoms with Gasteiger partial charge in [-0.05, 0) is 25.7 Å². The highest BCUT2D eigenvalue weighted by atomic mass is 79.9. The third-order valence-corrected chi connectivity index (χ3v) is 3.84. The SMILES string of the molecule is CCC(CC)C(=O)NC(C)C(C)CBr. The molecular weight excluding hydrogens is 242 g/mol. The molecule has 3 heteroatoms. The van der Waals surface area contributed by atoms with Crippen LogP contribution in [0, 0.1) is 11.8 Å². The number of carbonyl (C=O) groups is 1. The summed E-state index contributed by atoms with van der Waals surface area (Å²) in [6.45, 7) is 8.32. The van der Waals surface area contributed by atoms with Crippen molar-refractivity contribution in [3.63, 3.8) is 0 Å². The molecule has 2 unspecified atom stereocenters. The van der Waals surface area contributed by atoms with Gasteiger partial charge in [-0.15, -0.1) is 0 Å². The fourth-order valence-electron chi connectivity index (χ4n) is 1.28. The van der Waals surface area contributed by atoms with Crippen LogP contribution in [0.15, 0.2) is 0 Å². The molecule has 14 heavy (non-hydrogen) atoms. The third-order valence-electron chi connectivity index (χ3n) is 2.82. The molecule has 1 N–H and O–H groups in total. The molecule has 0 aliphatic carbocycles. The van der Waals surface area contributed by atoms with Gasteiger partial charge in [-0.3, -0.25) is 4.79 Å². The second kappa shape index (κ2) is 7.27. The number of amides is 1. The van der Waals surface area contributed by atoms with Crippen molar-refractivity contribution in [2.45, 2.75) is 46.6 Å². The van der Waals surface area contributed by atoms with Crippen LogP contribution in [-0.4, -0.2) is 17.3 Å². The lowest BCUT2D eigenvalue weighted by atomic mass is 10.0. The van der Waals surface area contributed by atoms with E-state index in [0.29, 0.717) is 5.92 Å². The summed E-state index contributed by atoms with van der Waals surface area (Å²) >= 11 is 3.43. The lowest BCUT2D eigenvalue weighted by Gasteiger charge is -2.22. The molecule has 0 aromatic carbocycles. The van der Waals surface area contributed by atoms with Gasteiger partial charge >= 0.3 is 0 Å². The minimum Gasteiger partial charge on any atom is -0.353 e. The fraction of sp³-hybridized carbons (Fsp3) is 0.909. The van der Waals surface area contributed by atoms with E-state index in [9.17, 15) is 4.79 Å². The van der Waals surface area contributed by atoms with E-state index in [1.807, 2.05) is 0 Å². The van der Waals surface area contributed by atoms with Gasteiger partial charge in [-0.25, -0.2) is 0 Å². The van der Waals surface area contributed by atoms with Crippen molar-refractivity contribution in [1.29, 1.82) is 0 Å². The van der Waals surface area contributed by atoms with Crippen molar-refractivity contribution in [1.82, 2.24) is 5.32 Å². The van der Waals surface area contributed by atoms with Crippen LogP contribution < -0.4 is 5.32 Å². The molecule has 84 valence electrons. The highest BCUT2D eigenvalue weighted by molar-refractivity contribution is 9.09. The van der Waals surface area contributed by atoms with E-state index in [-0.39, 0.29) is 17.9 Å². The molecule has 0 saturated heterocycles. The Morgan fingerprint density at radius 2 is 1.79 bits per heavy atom. The van der Waals surface area contributed by atoms with Crippen LogP contribution in [0.4, 0.5) is 0 Å². The van der Waals surface area contributed by atoms with Crippen molar-refractivity contribution in [3.05, 3.63) is 0 Å². The van der Waals surface area contributed by atoms with E-state index in [0.717, 1.165) is 18.2 Å². The van der Waals surface area contributed by atoms with Gasteiger partial charge in [0, 0.05) is 17.3 Å². The maximum Gasteiger partial charge on any atom is 0.223 e. The van der Waals surface area contributed by atoms with Crippen LogP contribution in [-0.2, 0) is 4.79 Å². The summed E-state index contributed by atoms with van der Waals surface area (Å²) in [4.78, 5) is 11.7. The van der Waals surface area contributed by atoms with E-state index in [1.165, 1.54) is 0 Å². The van der Waals surface area contributed by atoms with Gasteiger partial charge in [0.25, 0.3) is 0 Å². The van der Waals surface area contributed by atoms with E-state index < -0.39 is 0 Å². The molecule has 0 aliphatic rings. The topological polar surface area (TPSA) is 29.1 Å².